The Morgan fingerprint density at radius 3 is 0.925 bits per heavy atom. The fraction of sp³-hybridized carbons (Fsp3) is 0.235. The summed E-state index contributed by atoms with van der Waals surface area (Å²) >= 11 is 0. The van der Waals surface area contributed by atoms with Gasteiger partial charge in [0, 0.05) is 11.1 Å². The lowest BCUT2D eigenvalue weighted by molar-refractivity contribution is 0.100. The van der Waals surface area contributed by atoms with E-state index in [1.165, 1.54) is 0 Å². The zero-order chi connectivity index (χ0) is 29.4. The van der Waals surface area contributed by atoms with Crippen molar-refractivity contribution in [3.8, 4) is 34.5 Å². The second-order valence-corrected chi connectivity index (χ2v) is 9.53. The van der Waals surface area contributed by atoms with Crippen LogP contribution in [0.5, 0.6) is 34.5 Å². The maximum absolute atomic E-state index is 11.6. The molecule has 0 unspecified atom stereocenters. The van der Waals surface area contributed by atoms with E-state index in [0.29, 0.717) is 0 Å². The molecule has 0 N–H and O–H groups in total. The maximum atomic E-state index is 11.6. The molecule has 40 heavy (non-hydrogen) atoms. The smallest absolute Gasteiger partial charge is 0.160 e. The first kappa shape index (κ1) is 30.0. The number of ether oxygens (including phenoxy) is 4. The Bertz CT molecular complexity index is 1320. The van der Waals surface area contributed by atoms with Crippen LogP contribution in [0.3, 0.4) is 0 Å². The van der Waals surface area contributed by atoms with E-state index in [-0.39, 0.29) is 11.6 Å². The molecule has 0 fully saturated rings. The Hall–Kier alpha value is -4.58. The van der Waals surface area contributed by atoms with Gasteiger partial charge in [0.05, 0.1) is 14.2 Å². The van der Waals surface area contributed by atoms with Crippen LogP contribution in [0, 0.1) is 27.7 Å². The van der Waals surface area contributed by atoms with E-state index in [2.05, 4.69) is 0 Å². The van der Waals surface area contributed by atoms with Gasteiger partial charge in [-0.25, -0.2) is 0 Å². The molecule has 0 atom stereocenters. The van der Waals surface area contributed by atoms with Crippen molar-refractivity contribution in [1.82, 2.24) is 0 Å². The van der Waals surface area contributed by atoms with Gasteiger partial charge in [-0.3, -0.25) is 9.59 Å². The molecule has 0 aliphatic carbocycles. The molecular formula is C34H36O6. The van der Waals surface area contributed by atoms with Crippen molar-refractivity contribution in [2.45, 2.75) is 41.5 Å². The molecule has 0 spiro atoms. The van der Waals surface area contributed by atoms with Crippen LogP contribution in [-0.4, -0.2) is 25.8 Å². The minimum atomic E-state index is 0.0796. The van der Waals surface area contributed by atoms with Gasteiger partial charge < -0.3 is 18.9 Å². The predicted octanol–water partition coefficient (Wildman–Crippen LogP) is 8.61. The summed E-state index contributed by atoms with van der Waals surface area (Å²) in [7, 11) is 3.26. The standard InChI is InChI=1S/2C17H18O3/c2*1-11-9-16(10-12(2)17(11)13(3)18)20-15-7-5-14(19-4)6-8-15/h2*5-10H,1-4H3. The van der Waals surface area contributed by atoms with Crippen LogP contribution in [0.4, 0.5) is 0 Å². The van der Waals surface area contributed by atoms with E-state index in [1.807, 2.05) is 100 Å². The number of aryl methyl sites for hydroxylation is 4. The molecule has 0 bridgehead atoms. The highest BCUT2D eigenvalue weighted by Crippen LogP contribution is 2.29. The topological polar surface area (TPSA) is 71.1 Å². The van der Waals surface area contributed by atoms with Crippen molar-refractivity contribution in [2.75, 3.05) is 14.2 Å². The third-order valence-electron chi connectivity index (χ3n) is 6.31. The Morgan fingerprint density at radius 1 is 0.450 bits per heavy atom. The van der Waals surface area contributed by atoms with Gasteiger partial charge in [0.15, 0.2) is 11.6 Å². The summed E-state index contributed by atoms with van der Waals surface area (Å²) in [5, 5.41) is 0. The zero-order valence-corrected chi connectivity index (χ0v) is 24.4. The number of benzene rings is 4. The highest BCUT2D eigenvalue weighted by Gasteiger charge is 2.11. The quantitative estimate of drug-likeness (QED) is 0.208. The first-order chi connectivity index (χ1) is 19.0. The zero-order valence-electron chi connectivity index (χ0n) is 24.4. The largest absolute Gasteiger partial charge is 0.497 e. The van der Waals surface area contributed by atoms with Crippen LogP contribution < -0.4 is 18.9 Å². The molecule has 0 radical (unpaired) electrons. The number of hydrogen-bond acceptors (Lipinski definition) is 6. The highest BCUT2D eigenvalue weighted by molar-refractivity contribution is 5.97. The molecule has 208 valence electrons. The predicted molar refractivity (Wildman–Crippen MR) is 158 cm³/mol. The average molecular weight is 541 g/mol. The van der Waals surface area contributed by atoms with Crippen molar-refractivity contribution >= 4 is 11.6 Å². The third-order valence-corrected chi connectivity index (χ3v) is 6.31. The summed E-state index contributed by atoms with van der Waals surface area (Å²) in [4.78, 5) is 23.1. The molecule has 0 aliphatic heterocycles. The van der Waals surface area contributed by atoms with Crippen LogP contribution in [-0.2, 0) is 0 Å². The molecule has 0 amide bonds. The van der Waals surface area contributed by atoms with Crippen LogP contribution in [0.25, 0.3) is 0 Å². The van der Waals surface area contributed by atoms with Crippen LogP contribution in [0.1, 0.15) is 56.8 Å². The van der Waals surface area contributed by atoms with Crippen molar-refractivity contribution in [3.05, 3.63) is 106 Å². The summed E-state index contributed by atoms with van der Waals surface area (Å²) in [5.41, 5.74) is 5.27. The summed E-state index contributed by atoms with van der Waals surface area (Å²) < 4.78 is 21.8. The number of Topliss-reactive ketones (excluding diaryl/α,β-unsaturated/α-hetero) is 2. The normalized spacial score (nSPS) is 10.2. The van der Waals surface area contributed by atoms with E-state index >= 15 is 0 Å². The van der Waals surface area contributed by atoms with E-state index in [0.717, 1.165) is 67.9 Å². The highest BCUT2D eigenvalue weighted by atomic mass is 16.5. The van der Waals surface area contributed by atoms with Crippen LogP contribution >= 0.6 is 0 Å². The van der Waals surface area contributed by atoms with Gasteiger partial charge in [-0.1, -0.05) is 0 Å². The third kappa shape index (κ3) is 7.73. The number of hydrogen-bond donors (Lipinski definition) is 0. The Kier molecular flexibility index (Phi) is 10.1. The first-order valence-corrected chi connectivity index (χ1v) is 12.9. The molecule has 6 heteroatoms. The van der Waals surface area contributed by atoms with E-state index < -0.39 is 0 Å². The number of methoxy groups -OCH3 is 2. The summed E-state index contributed by atoms with van der Waals surface area (Å²) in [5.74, 6) is 4.67. The number of rotatable bonds is 8. The summed E-state index contributed by atoms with van der Waals surface area (Å²) in [6, 6.07) is 22.3. The molecule has 0 heterocycles. The molecule has 4 aromatic carbocycles. The number of carbonyl (C=O) groups is 2. The average Bonchev–Trinajstić information content (AvgIpc) is 2.89. The van der Waals surface area contributed by atoms with Gasteiger partial charge in [0.2, 0.25) is 0 Å². The van der Waals surface area contributed by atoms with Gasteiger partial charge in [0.1, 0.15) is 34.5 Å². The van der Waals surface area contributed by atoms with Crippen molar-refractivity contribution in [2.24, 2.45) is 0 Å². The molecule has 0 saturated carbocycles. The minimum Gasteiger partial charge on any atom is -0.497 e. The lowest BCUT2D eigenvalue weighted by Gasteiger charge is -2.11. The lowest BCUT2D eigenvalue weighted by atomic mass is 9.99. The van der Waals surface area contributed by atoms with Gasteiger partial charge in [-0.15, -0.1) is 0 Å². The molecule has 4 rings (SSSR count). The fourth-order valence-corrected chi connectivity index (χ4v) is 4.64. The van der Waals surface area contributed by atoms with Gasteiger partial charge >= 0.3 is 0 Å². The molecule has 4 aromatic rings. The van der Waals surface area contributed by atoms with E-state index in [1.54, 1.807) is 28.1 Å². The van der Waals surface area contributed by atoms with Crippen molar-refractivity contribution < 1.29 is 28.5 Å². The van der Waals surface area contributed by atoms with Gasteiger partial charge in [-0.2, -0.15) is 0 Å². The van der Waals surface area contributed by atoms with Crippen molar-refractivity contribution in [3.63, 3.8) is 0 Å². The second-order valence-electron chi connectivity index (χ2n) is 9.53. The van der Waals surface area contributed by atoms with Crippen molar-refractivity contribution in [1.29, 1.82) is 0 Å². The number of carbonyl (C=O) groups excluding carboxylic acids is 2. The van der Waals surface area contributed by atoms with E-state index in [4.69, 9.17) is 18.9 Å². The molecule has 0 aromatic heterocycles. The summed E-state index contributed by atoms with van der Waals surface area (Å²) in [6.07, 6.45) is 0. The van der Waals surface area contributed by atoms with Gasteiger partial charge in [-0.05, 0) is 137 Å². The van der Waals surface area contributed by atoms with Crippen LogP contribution in [0.2, 0.25) is 0 Å². The molecule has 0 saturated heterocycles. The molecule has 6 nitrogen and oxygen atoms in total. The second kappa shape index (κ2) is 13.5. The van der Waals surface area contributed by atoms with E-state index in [9.17, 15) is 9.59 Å². The monoisotopic (exact) mass is 540 g/mol. The fourth-order valence-electron chi connectivity index (χ4n) is 4.64. The SMILES string of the molecule is COc1ccc(Oc2cc(C)c(C(C)=O)c(C)c2)cc1.COc1ccc(Oc2cc(C)c(C(C)=O)c(C)c2)cc1. The summed E-state index contributed by atoms with van der Waals surface area (Å²) in [6.45, 7) is 10.9. The Labute approximate surface area is 236 Å². The molecule has 0 aliphatic rings. The first-order valence-electron chi connectivity index (χ1n) is 12.9. The Balaban J connectivity index is 0.000000220. The lowest BCUT2D eigenvalue weighted by Crippen LogP contribution is -2.00. The maximum Gasteiger partial charge on any atom is 0.160 e. The Morgan fingerprint density at radius 2 is 0.700 bits per heavy atom. The van der Waals surface area contributed by atoms with Gasteiger partial charge in [0.25, 0.3) is 0 Å². The minimum absolute atomic E-state index is 0.0796. The number of ketones is 2. The van der Waals surface area contributed by atoms with Crippen LogP contribution in [0.15, 0.2) is 72.8 Å². The molecular weight excluding hydrogens is 504 g/mol.